The molecule has 0 aliphatic heterocycles. The second kappa shape index (κ2) is 5.81. The standard InChI is InChI=1S/C12H15Br2NO3S/c13-9-1-2-10(14)11(7-9)19(17,18)15-8-12(3-4-12)5-6-16/h1-2,7,15-16H,3-6,8H2. The first-order valence-corrected chi connectivity index (χ1v) is 9.01. The molecule has 0 atom stereocenters. The normalized spacial score (nSPS) is 17.4. The smallest absolute Gasteiger partial charge is 0.241 e. The van der Waals surface area contributed by atoms with Gasteiger partial charge in [-0.2, -0.15) is 0 Å². The van der Waals surface area contributed by atoms with Gasteiger partial charge in [-0.05, 0) is 58.8 Å². The van der Waals surface area contributed by atoms with Crippen molar-refractivity contribution in [1.29, 1.82) is 0 Å². The topological polar surface area (TPSA) is 66.4 Å². The quantitative estimate of drug-likeness (QED) is 0.754. The van der Waals surface area contributed by atoms with Crippen molar-refractivity contribution in [1.82, 2.24) is 4.72 Å². The zero-order valence-corrected chi connectivity index (χ0v) is 14.2. The van der Waals surface area contributed by atoms with Crippen LogP contribution < -0.4 is 4.72 Å². The van der Waals surface area contributed by atoms with E-state index in [1.165, 1.54) is 0 Å². The van der Waals surface area contributed by atoms with Gasteiger partial charge in [0.05, 0.1) is 4.90 Å². The van der Waals surface area contributed by atoms with E-state index in [-0.39, 0.29) is 16.9 Å². The molecular formula is C12H15Br2NO3S. The Bertz CT molecular complexity index is 570. The van der Waals surface area contributed by atoms with Crippen molar-refractivity contribution >= 4 is 41.9 Å². The van der Waals surface area contributed by atoms with E-state index in [1.807, 2.05) is 0 Å². The maximum Gasteiger partial charge on any atom is 0.241 e. The van der Waals surface area contributed by atoms with Crippen LogP contribution in [0.3, 0.4) is 0 Å². The van der Waals surface area contributed by atoms with E-state index in [2.05, 4.69) is 36.6 Å². The van der Waals surface area contributed by atoms with Crippen LogP contribution in [0.25, 0.3) is 0 Å². The molecule has 0 saturated heterocycles. The van der Waals surface area contributed by atoms with Crippen molar-refractivity contribution in [3.8, 4) is 0 Å². The third-order valence-electron chi connectivity index (χ3n) is 3.42. The molecule has 106 valence electrons. The van der Waals surface area contributed by atoms with Crippen LogP contribution in [0.4, 0.5) is 0 Å². The molecule has 0 heterocycles. The minimum atomic E-state index is -3.53. The molecule has 0 bridgehead atoms. The highest BCUT2D eigenvalue weighted by Gasteiger charge is 2.42. The summed E-state index contributed by atoms with van der Waals surface area (Å²) in [6.45, 7) is 0.483. The van der Waals surface area contributed by atoms with Crippen LogP contribution in [0.2, 0.25) is 0 Å². The maximum atomic E-state index is 12.3. The predicted octanol–water partition coefficient (Wildman–Crippen LogP) is 2.65. The van der Waals surface area contributed by atoms with E-state index >= 15 is 0 Å². The third-order valence-corrected chi connectivity index (χ3v) is 6.31. The average Bonchev–Trinajstić information content (AvgIpc) is 3.11. The molecule has 1 aromatic carbocycles. The minimum absolute atomic E-state index is 0.0414. The molecule has 1 saturated carbocycles. The van der Waals surface area contributed by atoms with Gasteiger partial charge in [0.2, 0.25) is 10.0 Å². The predicted molar refractivity (Wildman–Crippen MR) is 80.4 cm³/mol. The van der Waals surface area contributed by atoms with E-state index < -0.39 is 10.0 Å². The lowest BCUT2D eigenvalue weighted by molar-refractivity contribution is 0.249. The molecule has 0 amide bonds. The summed E-state index contributed by atoms with van der Waals surface area (Å²) < 4.78 is 28.4. The van der Waals surface area contributed by atoms with Crippen molar-refractivity contribution < 1.29 is 13.5 Å². The van der Waals surface area contributed by atoms with E-state index in [0.29, 0.717) is 21.9 Å². The monoisotopic (exact) mass is 411 g/mol. The fourth-order valence-corrected chi connectivity index (χ4v) is 4.60. The van der Waals surface area contributed by atoms with E-state index in [1.54, 1.807) is 18.2 Å². The van der Waals surface area contributed by atoms with Crippen LogP contribution in [0.1, 0.15) is 19.3 Å². The van der Waals surface area contributed by atoms with Crippen molar-refractivity contribution in [2.45, 2.75) is 24.2 Å². The molecule has 7 heteroatoms. The van der Waals surface area contributed by atoms with Crippen molar-refractivity contribution in [3.05, 3.63) is 27.1 Å². The molecule has 0 aromatic heterocycles. The number of benzene rings is 1. The van der Waals surface area contributed by atoms with Crippen molar-refractivity contribution in [2.75, 3.05) is 13.2 Å². The van der Waals surface area contributed by atoms with Crippen molar-refractivity contribution in [2.24, 2.45) is 5.41 Å². The van der Waals surface area contributed by atoms with E-state index in [0.717, 1.165) is 12.8 Å². The maximum absolute atomic E-state index is 12.3. The molecule has 1 aliphatic rings. The summed E-state index contributed by atoms with van der Waals surface area (Å²) in [5.74, 6) is 0. The second-order valence-corrected chi connectivity index (χ2v) is 8.38. The van der Waals surface area contributed by atoms with Crippen LogP contribution in [0, 0.1) is 5.41 Å². The highest BCUT2D eigenvalue weighted by atomic mass is 79.9. The molecule has 2 rings (SSSR count). The number of hydrogen-bond donors (Lipinski definition) is 2. The van der Waals surface area contributed by atoms with Gasteiger partial charge in [-0.15, -0.1) is 0 Å². The number of sulfonamides is 1. The largest absolute Gasteiger partial charge is 0.396 e. The Kier molecular flexibility index (Phi) is 4.72. The Hall–Kier alpha value is 0.0500. The van der Waals surface area contributed by atoms with Crippen LogP contribution in [-0.4, -0.2) is 26.7 Å². The summed E-state index contributed by atoms with van der Waals surface area (Å²) in [5.41, 5.74) is -0.0414. The van der Waals surface area contributed by atoms with Gasteiger partial charge in [0, 0.05) is 22.1 Å². The lowest BCUT2D eigenvalue weighted by Crippen LogP contribution is -2.31. The molecule has 0 radical (unpaired) electrons. The minimum Gasteiger partial charge on any atom is -0.396 e. The fraction of sp³-hybridized carbons (Fsp3) is 0.500. The third kappa shape index (κ3) is 3.78. The molecule has 0 spiro atoms. The second-order valence-electron chi connectivity index (χ2n) is 4.87. The molecule has 0 unspecified atom stereocenters. The SMILES string of the molecule is O=S(=O)(NCC1(CCO)CC1)c1cc(Br)ccc1Br. The van der Waals surface area contributed by atoms with E-state index in [9.17, 15) is 8.42 Å². The number of rotatable bonds is 6. The van der Waals surface area contributed by atoms with Gasteiger partial charge >= 0.3 is 0 Å². The van der Waals surface area contributed by atoms with Crippen LogP contribution >= 0.6 is 31.9 Å². The summed E-state index contributed by atoms with van der Waals surface area (Å²) in [6.07, 6.45) is 2.58. The Morgan fingerprint density at radius 1 is 1.32 bits per heavy atom. The number of halogens is 2. The first-order valence-electron chi connectivity index (χ1n) is 5.94. The average molecular weight is 413 g/mol. The van der Waals surface area contributed by atoms with Gasteiger partial charge in [0.15, 0.2) is 0 Å². The van der Waals surface area contributed by atoms with E-state index in [4.69, 9.17) is 5.11 Å². The van der Waals surface area contributed by atoms with Gasteiger partial charge in [-0.3, -0.25) is 0 Å². The Morgan fingerprint density at radius 2 is 2.00 bits per heavy atom. The van der Waals surface area contributed by atoms with Gasteiger partial charge in [0.1, 0.15) is 0 Å². The first kappa shape index (κ1) is 15.4. The lowest BCUT2D eigenvalue weighted by Gasteiger charge is -2.15. The summed E-state index contributed by atoms with van der Waals surface area (Å²) in [6, 6.07) is 5.04. The van der Waals surface area contributed by atoms with Crippen LogP contribution in [-0.2, 0) is 10.0 Å². The number of aliphatic hydroxyl groups is 1. The molecule has 1 aliphatic carbocycles. The van der Waals surface area contributed by atoms with Gasteiger partial charge in [-0.25, -0.2) is 13.1 Å². The zero-order chi connectivity index (χ0) is 14.1. The van der Waals surface area contributed by atoms with Crippen LogP contribution in [0.15, 0.2) is 32.0 Å². The Labute approximate surface area is 129 Å². The Balaban J connectivity index is 2.12. The number of aliphatic hydroxyl groups excluding tert-OH is 1. The summed E-state index contributed by atoms with van der Waals surface area (Å²) in [5, 5.41) is 8.98. The summed E-state index contributed by atoms with van der Waals surface area (Å²) in [7, 11) is -3.53. The molecule has 2 N–H and O–H groups in total. The molecule has 1 aromatic rings. The van der Waals surface area contributed by atoms with Crippen LogP contribution in [0.5, 0.6) is 0 Å². The molecule has 19 heavy (non-hydrogen) atoms. The zero-order valence-electron chi connectivity index (χ0n) is 10.2. The van der Waals surface area contributed by atoms with Crippen molar-refractivity contribution in [3.63, 3.8) is 0 Å². The Morgan fingerprint density at radius 3 is 2.58 bits per heavy atom. The highest BCUT2D eigenvalue weighted by molar-refractivity contribution is 9.11. The lowest BCUT2D eigenvalue weighted by atomic mass is 10.0. The van der Waals surface area contributed by atoms with Gasteiger partial charge in [-0.1, -0.05) is 15.9 Å². The summed E-state index contributed by atoms with van der Waals surface area (Å²) >= 11 is 6.52. The fourth-order valence-electron chi connectivity index (χ4n) is 1.94. The van der Waals surface area contributed by atoms with Gasteiger partial charge < -0.3 is 5.11 Å². The summed E-state index contributed by atoms with van der Waals surface area (Å²) in [4.78, 5) is 0.224. The number of hydrogen-bond acceptors (Lipinski definition) is 3. The molecule has 1 fully saturated rings. The van der Waals surface area contributed by atoms with Gasteiger partial charge in [0.25, 0.3) is 0 Å². The molecule has 4 nitrogen and oxygen atoms in total. The first-order chi connectivity index (χ1) is 8.88. The number of nitrogens with one attached hydrogen (secondary N) is 1. The molecular weight excluding hydrogens is 398 g/mol. The highest BCUT2D eigenvalue weighted by Crippen LogP contribution is 2.48.